The molecule has 2 rings (SSSR count). The van der Waals surface area contributed by atoms with E-state index in [4.69, 9.17) is 11.6 Å². The van der Waals surface area contributed by atoms with Crippen LogP contribution in [-0.2, 0) is 4.79 Å². The first-order valence-electron chi connectivity index (χ1n) is 5.80. The Hall–Kier alpha value is -1.01. The standard InChI is InChI=1S/C13H10BrClF3NO/c14-7-2-1-3-9(16)12(7)10-5-4-8(15)13(20)19(10)6-11(17)18/h1-3,5,8,11H,4,6H2. The molecule has 0 bridgehead atoms. The molecule has 0 radical (unpaired) electrons. The Morgan fingerprint density at radius 3 is 2.75 bits per heavy atom. The van der Waals surface area contributed by atoms with Crippen LogP contribution in [0.1, 0.15) is 12.0 Å². The van der Waals surface area contributed by atoms with E-state index in [9.17, 15) is 18.0 Å². The number of nitrogens with zero attached hydrogens (tertiary/aromatic N) is 1. The lowest BCUT2D eigenvalue weighted by molar-refractivity contribution is -0.129. The molecule has 2 nitrogen and oxygen atoms in total. The van der Waals surface area contributed by atoms with Crippen LogP contribution in [0.2, 0.25) is 0 Å². The van der Waals surface area contributed by atoms with Gasteiger partial charge in [0.1, 0.15) is 11.2 Å². The molecule has 1 amide bonds. The van der Waals surface area contributed by atoms with Gasteiger partial charge in [-0.25, -0.2) is 13.2 Å². The van der Waals surface area contributed by atoms with E-state index >= 15 is 0 Å². The molecule has 0 saturated carbocycles. The van der Waals surface area contributed by atoms with Gasteiger partial charge in [0, 0.05) is 10.0 Å². The average Bonchev–Trinajstić information content (AvgIpc) is 2.37. The van der Waals surface area contributed by atoms with Crippen molar-refractivity contribution in [3.63, 3.8) is 0 Å². The molecule has 20 heavy (non-hydrogen) atoms. The molecule has 0 spiro atoms. The first-order chi connectivity index (χ1) is 9.41. The summed E-state index contributed by atoms with van der Waals surface area (Å²) in [5.74, 6) is -1.23. The van der Waals surface area contributed by atoms with Crippen LogP contribution in [0.4, 0.5) is 13.2 Å². The third-order valence-corrected chi connectivity index (χ3v) is 3.91. The lowest BCUT2D eigenvalue weighted by atomic mass is 10.0. The Bertz CT molecular complexity index is 544. The minimum atomic E-state index is -2.73. The zero-order chi connectivity index (χ0) is 14.9. The van der Waals surface area contributed by atoms with Gasteiger partial charge in [-0.2, -0.15) is 0 Å². The fraction of sp³-hybridized carbons (Fsp3) is 0.308. The second-order valence-electron chi connectivity index (χ2n) is 4.23. The third-order valence-electron chi connectivity index (χ3n) is 2.88. The van der Waals surface area contributed by atoms with Crippen molar-refractivity contribution < 1.29 is 18.0 Å². The molecule has 0 N–H and O–H groups in total. The number of benzene rings is 1. The first-order valence-corrected chi connectivity index (χ1v) is 7.03. The van der Waals surface area contributed by atoms with Crippen molar-refractivity contribution >= 4 is 39.1 Å². The Labute approximate surface area is 127 Å². The molecular formula is C13H10BrClF3NO. The van der Waals surface area contributed by atoms with Crippen molar-refractivity contribution in [3.05, 3.63) is 40.1 Å². The number of alkyl halides is 3. The molecular weight excluding hydrogens is 358 g/mol. The van der Waals surface area contributed by atoms with Crippen molar-refractivity contribution in [3.8, 4) is 0 Å². The zero-order valence-electron chi connectivity index (χ0n) is 10.1. The maximum Gasteiger partial charge on any atom is 0.256 e. The molecule has 0 aliphatic carbocycles. The average molecular weight is 369 g/mol. The molecule has 1 atom stereocenters. The molecule has 1 heterocycles. The van der Waals surface area contributed by atoms with Gasteiger partial charge in [-0.15, -0.1) is 11.6 Å². The van der Waals surface area contributed by atoms with Crippen LogP contribution < -0.4 is 0 Å². The van der Waals surface area contributed by atoms with Gasteiger partial charge in [0.25, 0.3) is 6.43 Å². The van der Waals surface area contributed by atoms with E-state index in [-0.39, 0.29) is 17.7 Å². The fourth-order valence-corrected chi connectivity index (χ4v) is 2.77. The summed E-state index contributed by atoms with van der Waals surface area (Å²) >= 11 is 8.96. The molecule has 0 saturated heterocycles. The maximum atomic E-state index is 13.9. The molecule has 1 unspecified atom stereocenters. The number of carbonyl (C=O) groups excluding carboxylic acids is 1. The maximum absolute atomic E-state index is 13.9. The number of amides is 1. The predicted octanol–water partition coefficient (Wildman–Crippen LogP) is 4.03. The second kappa shape index (κ2) is 6.18. The highest BCUT2D eigenvalue weighted by Crippen LogP contribution is 2.34. The van der Waals surface area contributed by atoms with E-state index in [2.05, 4.69) is 15.9 Å². The van der Waals surface area contributed by atoms with Gasteiger partial charge in [0.15, 0.2) is 0 Å². The Morgan fingerprint density at radius 2 is 2.15 bits per heavy atom. The van der Waals surface area contributed by atoms with Gasteiger partial charge >= 0.3 is 0 Å². The lowest BCUT2D eigenvalue weighted by Gasteiger charge is -2.31. The molecule has 1 aromatic rings. The van der Waals surface area contributed by atoms with Crippen LogP contribution in [0.15, 0.2) is 28.7 Å². The highest BCUT2D eigenvalue weighted by molar-refractivity contribution is 9.10. The van der Waals surface area contributed by atoms with Gasteiger partial charge < -0.3 is 4.90 Å². The summed E-state index contributed by atoms with van der Waals surface area (Å²) in [5.41, 5.74) is 0.210. The quantitative estimate of drug-likeness (QED) is 0.738. The van der Waals surface area contributed by atoms with Gasteiger partial charge in [-0.3, -0.25) is 4.79 Å². The van der Waals surface area contributed by atoms with Crippen LogP contribution in [0.5, 0.6) is 0 Å². The second-order valence-corrected chi connectivity index (χ2v) is 5.61. The monoisotopic (exact) mass is 367 g/mol. The third kappa shape index (κ3) is 3.01. The van der Waals surface area contributed by atoms with Crippen LogP contribution in [0.25, 0.3) is 5.70 Å². The molecule has 7 heteroatoms. The van der Waals surface area contributed by atoms with E-state index in [1.54, 1.807) is 6.07 Å². The number of hydrogen-bond donors (Lipinski definition) is 0. The van der Waals surface area contributed by atoms with Crippen molar-refractivity contribution in [1.82, 2.24) is 4.90 Å². The summed E-state index contributed by atoms with van der Waals surface area (Å²) in [6.45, 7) is -0.811. The van der Waals surface area contributed by atoms with Crippen molar-refractivity contribution in [2.24, 2.45) is 0 Å². The highest BCUT2D eigenvalue weighted by atomic mass is 79.9. The number of allylic oxidation sites excluding steroid dienone is 1. The predicted molar refractivity (Wildman–Crippen MR) is 74.1 cm³/mol. The molecule has 1 aliphatic rings. The molecule has 1 aromatic carbocycles. The van der Waals surface area contributed by atoms with E-state index < -0.39 is 30.1 Å². The SMILES string of the molecule is O=C1C(Cl)CC=C(c2c(F)cccc2Br)N1CC(F)F. The minimum Gasteiger partial charge on any atom is -0.305 e. The Balaban J connectivity index is 2.49. The van der Waals surface area contributed by atoms with Crippen molar-refractivity contribution in [2.45, 2.75) is 18.2 Å². The van der Waals surface area contributed by atoms with E-state index in [1.165, 1.54) is 18.2 Å². The van der Waals surface area contributed by atoms with E-state index in [1.807, 2.05) is 0 Å². The smallest absolute Gasteiger partial charge is 0.256 e. The zero-order valence-corrected chi connectivity index (χ0v) is 12.5. The molecule has 0 aromatic heterocycles. The minimum absolute atomic E-state index is 0.0880. The number of hydrogen-bond acceptors (Lipinski definition) is 1. The summed E-state index contributed by atoms with van der Waals surface area (Å²) in [6.07, 6.45) is -1.05. The molecule has 0 fully saturated rings. The van der Waals surface area contributed by atoms with Crippen LogP contribution >= 0.6 is 27.5 Å². The normalized spacial score (nSPS) is 19.5. The Kier molecular flexibility index (Phi) is 4.75. The summed E-state index contributed by atoms with van der Waals surface area (Å²) in [4.78, 5) is 12.8. The summed E-state index contributed by atoms with van der Waals surface area (Å²) in [6, 6.07) is 4.27. The van der Waals surface area contributed by atoms with Crippen molar-refractivity contribution in [2.75, 3.05) is 6.54 Å². The van der Waals surface area contributed by atoms with Crippen LogP contribution in [0, 0.1) is 5.82 Å². The summed E-state index contributed by atoms with van der Waals surface area (Å²) in [5, 5.41) is -0.900. The molecule has 108 valence electrons. The summed E-state index contributed by atoms with van der Waals surface area (Å²) < 4.78 is 39.6. The molecule has 1 aliphatic heterocycles. The first kappa shape index (κ1) is 15.4. The van der Waals surface area contributed by atoms with Gasteiger partial charge in [-0.05, 0) is 34.5 Å². The van der Waals surface area contributed by atoms with Gasteiger partial charge in [0.05, 0.1) is 12.2 Å². The fourth-order valence-electron chi connectivity index (χ4n) is 2.02. The largest absolute Gasteiger partial charge is 0.305 e. The highest BCUT2D eigenvalue weighted by Gasteiger charge is 2.33. The van der Waals surface area contributed by atoms with Crippen LogP contribution in [-0.4, -0.2) is 29.2 Å². The van der Waals surface area contributed by atoms with Crippen LogP contribution in [0.3, 0.4) is 0 Å². The van der Waals surface area contributed by atoms with Crippen molar-refractivity contribution in [1.29, 1.82) is 0 Å². The number of carbonyl (C=O) groups is 1. The number of halogens is 5. The topological polar surface area (TPSA) is 20.3 Å². The number of rotatable bonds is 3. The van der Waals surface area contributed by atoms with Gasteiger partial charge in [0.2, 0.25) is 5.91 Å². The lowest BCUT2D eigenvalue weighted by Crippen LogP contribution is -2.41. The van der Waals surface area contributed by atoms with Gasteiger partial charge in [-0.1, -0.05) is 12.1 Å². The summed E-state index contributed by atoms with van der Waals surface area (Å²) in [7, 11) is 0. The van der Waals surface area contributed by atoms with E-state index in [0.717, 1.165) is 4.90 Å². The Morgan fingerprint density at radius 1 is 1.45 bits per heavy atom. The van der Waals surface area contributed by atoms with E-state index in [0.29, 0.717) is 4.47 Å².